The third-order valence-electron chi connectivity index (χ3n) is 4.34. The largest absolute Gasteiger partial charge is 0.488 e. The second kappa shape index (κ2) is 10.1. The fourth-order valence-corrected chi connectivity index (χ4v) is 4.05. The van der Waals surface area contributed by atoms with Gasteiger partial charge in [0.25, 0.3) is 0 Å². The molecule has 0 saturated carbocycles. The lowest BCUT2D eigenvalue weighted by atomic mass is 10.2. The van der Waals surface area contributed by atoms with Crippen molar-refractivity contribution in [2.24, 2.45) is 0 Å². The van der Waals surface area contributed by atoms with Crippen LogP contribution >= 0.6 is 11.6 Å². The van der Waals surface area contributed by atoms with Crippen LogP contribution in [0.25, 0.3) is 0 Å². The average Bonchev–Trinajstić information content (AvgIpc) is 3.25. The predicted octanol–water partition coefficient (Wildman–Crippen LogP) is 3.03. The van der Waals surface area contributed by atoms with Gasteiger partial charge in [0.05, 0.1) is 21.6 Å². The highest BCUT2D eigenvalue weighted by atomic mass is 35.5. The van der Waals surface area contributed by atoms with Crippen molar-refractivity contribution in [1.29, 1.82) is 0 Å². The van der Waals surface area contributed by atoms with Crippen molar-refractivity contribution < 1.29 is 27.4 Å². The highest BCUT2D eigenvalue weighted by Gasteiger charge is 2.20. The maximum atomic E-state index is 12.3. The summed E-state index contributed by atoms with van der Waals surface area (Å²) in [6, 6.07) is 12.6. The van der Waals surface area contributed by atoms with E-state index in [-0.39, 0.29) is 36.3 Å². The number of hydrogen-bond acceptors (Lipinski definition) is 6. The summed E-state index contributed by atoms with van der Waals surface area (Å²) >= 11 is 5.98. The molecular weight excluding hydrogens is 418 g/mol. The molecule has 0 radical (unpaired) electrons. The van der Waals surface area contributed by atoms with Gasteiger partial charge in [-0.3, -0.25) is 0 Å². The highest BCUT2D eigenvalue weighted by molar-refractivity contribution is 7.89. The van der Waals surface area contributed by atoms with E-state index in [0.29, 0.717) is 17.4 Å². The Morgan fingerprint density at radius 3 is 2.59 bits per heavy atom. The number of sulfonamides is 1. The summed E-state index contributed by atoms with van der Waals surface area (Å²) in [6.07, 6.45) is 1.69. The lowest BCUT2D eigenvalue weighted by molar-refractivity contribution is 0.0450. The number of esters is 1. The molecule has 2 aromatic rings. The minimum atomic E-state index is -3.66. The first-order valence-corrected chi connectivity index (χ1v) is 11.1. The zero-order valence-corrected chi connectivity index (χ0v) is 17.2. The van der Waals surface area contributed by atoms with Crippen LogP contribution in [-0.4, -0.2) is 46.9 Å². The summed E-state index contributed by atoms with van der Waals surface area (Å²) in [5.41, 5.74) is 0.251. The number of para-hydroxylation sites is 1. The van der Waals surface area contributed by atoms with E-state index >= 15 is 0 Å². The first kappa shape index (κ1) is 21.6. The van der Waals surface area contributed by atoms with Gasteiger partial charge in [-0.05, 0) is 49.2 Å². The van der Waals surface area contributed by atoms with Gasteiger partial charge in [0.2, 0.25) is 10.0 Å². The van der Waals surface area contributed by atoms with Gasteiger partial charge < -0.3 is 14.2 Å². The molecule has 1 heterocycles. The highest BCUT2D eigenvalue weighted by Crippen LogP contribution is 2.22. The molecule has 2 aromatic carbocycles. The number of halogens is 1. The summed E-state index contributed by atoms with van der Waals surface area (Å²) in [5.74, 6) is -0.0562. The number of hydrogen-bond donors (Lipinski definition) is 1. The lowest BCUT2D eigenvalue weighted by Crippen LogP contribution is -2.31. The van der Waals surface area contributed by atoms with E-state index in [1.807, 2.05) is 0 Å². The first-order valence-electron chi connectivity index (χ1n) is 9.21. The Morgan fingerprint density at radius 1 is 1.14 bits per heavy atom. The molecule has 1 aliphatic rings. The Labute approximate surface area is 175 Å². The third-order valence-corrected chi connectivity index (χ3v) is 6.09. The standard InChI is InChI=1S/C20H22ClNO6S/c21-18-5-1-2-6-19(18)27-12-13-28-20(23)15-7-9-17(10-8-15)29(24,25)22-14-16-4-3-11-26-16/h1-2,5-10,16,22H,3-4,11-14H2. The molecule has 7 nitrogen and oxygen atoms in total. The van der Waals surface area contributed by atoms with Crippen molar-refractivity contribution in [3.05, 3.63) is 59.1 Å². The predicted molar refractivity (Wildman–Crippen MR) is 108 cm³/mol. The smallest absolute Gasteiger partial charge is 0.338 e. The monoisotopic (exact) mass is 439 g/mol. The molecule has 0 bridgehead atoms. The maximum Gasteiger partial charge on any atom is 0.338 e. The summed E-state index contributed by atoms with van der Waals surface area (Å²) in [5, 5.41) is 0.476. The van der Waals surface area contributed by atoms with Gasteiger partial charge in [-0.15, -0.1) is 0 Å². The fourth-order valence-electron chi connectivity index (χ4n) is 2.79. The van der Waals surface area contributed by atoms with Gasteiger partial charge in [-0.1, -0.05) is 23.7 Å². The molecule has 0 aromatic heterocycles. The Bertz CT molecular complexity index is 926. The topological polar surface area (TPSA) is 90.9 Å². The summed E-state index contributed by atoms with van der Waals surface area (Å²) in [7, 11) is -3.66. The number of benzene rings is 2. The molecule has 3 rings (SSSR count). The average molecular weight is 440 g/mol. The second-order valence-electron chi connectivity index (χ2n) is 6.43. The zero-order chi connectivity index (χ0) is 20.7. The van der Waals surface area contributed by atoms with Crippen LogP contribution in [0.3, 0.4) is 0 Å². The van der Waals surface area contributed by atoms with Gasteiger partial charge in [0.15, 0.2) is 0 Å². The van der Waals surface area contributed by atoms with Crippen LogP contribution in [0.15, 0.2) is 53.4 Å². The van der Waals surface area contributed by atoms with Gasteiger partial charge >= 0.3 is 5.97 Å². The quantitative estimate of drug-likeness (QED) is 0.477. The molecule has 1 saturated heterocycles. The zero-order valence-electron chi connectivity index (χ0n) is 15.7. The normalized spacial score (nSPS) is 16.5. The maximum absolute atomic E-state index is 12.3. The minimum absolute atomic E-state index is 0.0348. The Balaban J connectivity index is 1.47. The van der Waals surface area contributed by atoms with E-state index < -0.39 is 16.0 Å². The SMILES string of the molecule is O=C(OCCOc1ccccc1Cl)c1ccc(S(=O)(=O)NCC2CCCO2)cc1. The number of rotatable bonds is 9. The van der Waals surface area contributed by atoms with Gasteiger partial charge in [0.1, 0.15) is 19.0 Å². The molecule has 0 aliphatic carbocycles. The number of nitrogens with one attached hydrogen (secondary N) is 1. The van der Waals surface area contributed by atoms with Crippen LogP contribution < -0.4 is 9.46 Å². The Kier molecular flexibility index (Phi) is 7.49. The van der Waals surface area contributed by atoms with Crippen LogP contribution in [0.2, 0.25) is 5.02 Å². The van der Waals surface area contributed by atoms with Crippen LogP contribution in [0, 0.1) is 0 Å². The van der Waals surface area contributed by atoms with E-state index in [9.17, 15) is 13.2 Å². The summed E-state index contributed by atoms with van der Waals surface area (Å²) in [6.45, 7) is 1.08. The molecule has 1 unspecified atom stereocenters. The Morgan fingerprint density at radius 2 is 1.90 bits per heavy atom. The number of carbonyl (C=O) groups is 1. The molecule has 1 fully saturated rings. The first-order chi connectivity index (χ1) is 14.0. The van der Waals surface area contributed by atoms with E-state index in [0.717, 1.165) is 12.8 Å². The van der Waals surface area contributed by atoms with Crippen LogP contribution in [-0.2, 0) is 19.5 Å². The number of ether oxygens (including phenoxy) is 3. The van der Waals surface area contributed by atoms with Crippen molar-refractivity contribution in [3.63, 3.8) is 0 Å². The lowest BCUT2D eigenvalue weighted by Gasteiger charge is -2.12. The summed E-state index contributed by atoms with van der Waals surface area (Å²) < 4.78 is 43.2. The van der Waals surface area contributed by atoms with Crippen molar-refractivity contribution in [3.8, 4) is 5.75 Å². The third kappa shape index (κ3) is 6.17. The summed E-state index contributed by atoms with van der Waals surface area (Å²) in [4.78, 5) is 12.2. The van der Waals surface area contributed by atoms with Gasteiger partial charge in [-0.25, -0.2) is 17.9 Å². The van der Waals surface area contributed by atoms with E-state index in [1.165, 1.54) is 24.3 Å². The van der Waals surface area contributed by atoms with E-state index in [1.54, 1.807) is 24.3 Å². The molecule has 156 valence electrons. The van der Waals surface area contributed by atoms with Crippen molar-refractivity contribution in [1.82, 2.24) is 4.72 Å². The Hall–Kier alpha value is -2.13. The minimum Gasteiger partial charge on any atom is -0.488 e. The van der Waals surface area contributed by atoms with E-state index in [4.69, 9.17) is 25.8 Å². The van der Waals surface area contributed by atoms with Crippen LogP contribution in [0.5, 0.6) is 5.75 Å². The van der Waals surface area contributed by atoms with Gasteiger partial charge in [-0.2, -0.15) is 0 Å². The van der Waals surface area contributed by atoms with Crippen LogP contribution in [0.1, 0.15) is 23.2 Å². The second-order valence-corrected chi connectivity index (χ2v) is 8.60. The molecule has 0 amide bonds. The fraction of sp³-hybridized carbons (Fsp3) is 0.350. The van der Waals surface area contributed by atoms with E-state index in [2.05, 4.69) is 4.72 Å². The van der Waals surface area contributed by atoms with Crippen molar-refractivity contribution in [2.75, 3.05) is 26.4 Å². The molecule has 9 heteroatoms. The molecular formula is C20H22ClNO6S. The van der Waals surface area contributed by atoms with Crippen molar-refractivity contribution in [2.45, 2.75) is 23.8 Å². The van der Waals surface area contributed by atoms with Gasteiger partial charge in [0, 0.05) is 13.2 Å². The van der Waals surface area contributed by atoms with Crippen molar-refractivity contribution >= 4 is 27.6 Å². The molecule has 1 N–H and O–H groups in total. The molecule has 29 heavy (non-hydrogen) atoms. The molecule has 0 spiro atoms. The van der Waals surface area contributed by atoms with Crippen LogP contribution in [0.4, 0.5) is 0 Å². The molecule has 1 atom stereocenters. The number of carbonyl (C=O) groups excluding carboxylic acids is 1. The molecule has 1 aliphatic heterocycles.